The topological polar surface area (TPSA) is 35.6 Å². The number of rotatable bonds is 5. The Morgan fingerprint density at radius 2 is 1.81 bits per heavy atom. The lowest BCUT2D eigenvalue weighted by Crippen LogP contribution is -2.44. The van der Waals surface area contributed by atoms with E-state index >= 15 is 0 Å². The minimum atomic E-state index is -0.907. The third kappa shape index (κ3) is 5.20. The molecule has 0 radical (unpaired) electrons. The van der Waals surface area contributed by atoms with Gasteiger partial charge in [-0.1, -0.05) is 0 Å². The van der Waals surface area contributed by atoms with E-state index in [0.717, 1.165) is 49.6 Å². The Morgan fingerprint density at radius 3 is 2.48 bits per heavy atom. The fraction of sp³-hybridized carbons (Fsp3) is 0.350. The Bertz CT molecular complexity index is 823. The number of carbonyl (C=O) groups excluding carboxylic acids is 1. The second-order valence-electron chi connectivity index (χ2n) is 6.70. The minimum absolute atomic E-state index is 0.129. The fourth-order valence-electron chi connectivity index (χ4n) is 3.05. The number of halogens is 2. The average molecular weight is 391 g/mol. The van der Waals surface area contributed by atoms with Gasteiger partial charge < -0.3 is 15.1 Å². The Kier molecular flexibility index (Phi) is 6.34. The summed E-state index contributed by atoms with van der Waals surface area (Å²) < 4.78 is 26.2. The number of nitrogens with zero attached hydrogens (tertiary/aromatic N) is 2. The van der Waals surface area contributed by atoms with E-state index in [1.807, 2.05) is 25.1 Å². The quantitative estimate of drug-likeness (QED) is 0.788. The Morgan fingerprint density at radius 1 is 1.07 bits per heavy atom. The fourth-order valence-corrected chi connectivity index (χ4v) is 3.77. The number of hydrogen-bond donors (Lipinski definition) is 1. The molecule has 1 heterocycles. The zero-order chi connectivity index (χ0) is 19.4. The molecule has 0 aliphatic carbocycles. The van der Waals surface area contributed by atoms with Crippen molar-refractivity contribution >= 4 is 29.0 Å². The molecule has 1 fully saturated rings. The summed E-state index contributed by atoms with van der Waals surface area (Å²) in [5.41, 5.74) is 3.05. The van der Waals surface area contributed by atoms with E-state index in [0.29, 0.717) is 4.90 Å². The molecule has 0 aromatic heterocycles. The maximum atomic E-state index is 13.2. The molecule has 2 aromatic rings. The molecule has 1 aliphatic heterocycles. The number of piperazine rings is 1. The smallest absolute Gasteiger partial charge is 0.234 e. The monoisotopic (exact) mass is 391 g/mol. The third-order valence-electron chi connectivity index (χ3n) is 4.59. The Labute approximate surface area is 162 Å². The first kappa shape index (κ1) is 19.6. The molecule has 1 saturated heterocycles. The van der Waals surface area contributed by atoms with Crippen molar-refractivity contribution in [3.63, 3.8) is 0 Å². The zero-order valence-electron chi connectivity index (χ0n) is 15.5. The Hall–Kier alpha value is -2.12. The second kappa shape index (κ2) is 8.71. The van der Waals surface area contributed by atoms with Gasteiger partial charge in [0, 0.05) is 42.4 Å². The summed E-state index contributed by atoms with van der Waals surface area (Å²) in [5.74, 6) is -1.85. The molecular formula is C20H23F2N3OS. The van der Waals surface area contributed by atoms with E-state index in [9.17, 15) is 13.6 Å². The van der Waals surface area contributed by atoms with E-state index in [-0.39, 0.29) is 11.7 Å². The van der Waals surface area contributed by atoms with E-state index in [1.54, 1.807) is 0 Å². The van der Waals surface area contributed by atoms with Crippen molar-refractivity contribution in [2.24, 2.45) is 0 Å². The molecule has 0 atom stereocenters. The van der Waals surface area contributed by atoms with Crippen LogP contribution in [0.1, 0.15) is 5.56 Å². The van der Waals surface area contributed by atoms with Gasteiger partial charge in [-0.15, -0.1) is 11.8 Å². The largest absolute Gasteiger partial charge is 0.369 e. The van der Waals surface area contributed by atoms with Gasteiger partial charge in [0.1, 0.15) is 0 Å². The van der Waals surface area contributed by atoms with E-state index in [1.165, 1.54) is 23.5 Å². The van der Waals surface area contributed by atoms with Gasteiger partial charge in [-0.2, -0.15) is 0 Å². The van der Waals surface area contributed by atoms with Gasteiger partial charge in [0.15, 0.2) is 11.6 Å². The van der Waals surface area contributed by atoms with Crippen LogP contribution in [0.2, 0.25) is 0 Å². The summed E-state index contributed by atoms with van der Waals surface area (Å²) in [6, 6.07) is 9.54. The lowest BCUT2D eigenvalue weighted by Gasteiger charge is -2.35. The normalized spacial score (nSPS) is 15.0. The van der Waals surface area contributed by atoms with Gasteiger partial charge in [0.05, 0.1) is 5.75 Å². The highest BCUT2D eigenvalue weighted by molar-refractivity contribution is 8.00. The standard InChI is InChI=1S/C20H23F2N3OS/c1-14-11-15(3-6-19(14)25-9-7-24(2)8-10-25)23-20(26)13-27-16-4-5-17(21)18(22)12-16/h3-6,11-12H,7-10,13H2,1-2H3,(H,23,26). The summed E-state index contributed by atoms with van der Waals surface area (Å²) in [6.07, 6.45) is 0. The van der Waals surface area contributed by atoms with Crippen molar-refractivity contribution in [1.82, 2.24) is 4.90 Å². The number of thioether (sulfide) groups is 1. The molecule has 7 heteroatoms. The number of amides is 1. The number of nitrogens with one attached hydrogen (secondary N) is 1. The first-order valence-corrected chi connectivity index (χ1v) is 9.83. The summed E-state index contributed by atoms with van der Waals surface area (Å²) in [4.78, 5) is 17.3. The first-order chi connectivity index (χ1) is 12.9. The van der Waals surface area contributed by atoms with Crippen LogP contribution in [0.3, 0.4) is 0 Å². The predicted molar refractivity (Wildman–Crippen MR) is 107 cm³/mol. The molecule has 1 aliphatic rings. The molecule has 0 saturated carbocycles. The number of carbonyl (C=O) groups is 1. The van der Waals surface area contributed by atoms with Gasteiger partial charge in [0.25, 0.3) is 0 Å². The van der Waals surface area contributed by atoms with Crippen molar-refractivity contribution in [2.45, 2.75) is 11.8 Å². The molecule has 0 bridgehead atoms. The minimum Gasteiger partial charge on any atom is -0.369 e. The maximum Gasteiger partial charge on any atom is 0.234 e. The maximum absolute atomic E-state index is 13.2. The van der Waals surface area contributed by atoms with Crippen LogP contribution in [0.4, 0.5) is 20.2 Å². The van der Waals surface area contributed by atoms with Gasteiger partial charge in [-0.25, -0.2) is 8.78 Å². The van der Waals surface area contributed by atoms with Crippen molar-refractivity contribution in [2.75, 3.05) is 49.2 Å². The van der Waals surface area contributed by atoms with Crippen molar-refractivity contribution in [3.8, 4) is 0 Å². The zero-order valence-corrected chi connectivity index (χ0v) is 16.3. The average Bonchev–Trinajstić information content (AvgIpc) is 2.64. The van der Waals surface area contributed by atoms with Gasteiger partial charge >= 0.3 is 0 Å². The molecule has 0 spiro atoms. The number of anilines is 2. The van der Waals surface area contributed by atoms with Crippen LogP contribution in [0.25, 0.3) is 0 Å². The highest BCUT2D eigenvalue weighted by Crippen LogP contribution is 2.25. The number of aryl methyl sites for hydroxylation is 1. The first-order valence-electron chi connectivity index (χ1n) is 8.84. The number of hydrogen-bond acceptors (Lipinski definition) is 4. The molecule has 144 valence electrons. The van der Waals surface area contributed by atoms with E-state index < -0.39 is 11.6 Å². The summed E-state index contributed by atoms with van der Waals surface area (Å²) >= 11 is 1.17. The van der Waals surface area contributed by atoms with Crippen LogP contribution in [-0.2, 0) is 4.79 Å². The highest BCUT2D eigenvalue weighted by Gasteiger charge is 2.16. The number of benzene rings is 2. The second-order valence-corrected chi connectivity index (χ2v) is 7.75. The molecule has 3 rings (SSSR count). The van der Waals surface area contributed by atoms with Gasteiger partial charge in [-0.3, -0.25) is 4.79 Å². The van der Waals surface area contributed by atoms with Crippen LogP contribution in [0, 0.1) is 18.6 Å². The third-order valence-corrected chi connectivity index (χ3v) is 5.58. The lowest BCUT2D eigenvalue weighted by molar-refractivity contribution is -0.113. The molecule has 27 heavy (non-hydrogen) atoms. The molecule has 1 amide bonds. The summed E-state index contributed by atoms with van der Waals surface area (Å²) in [5, 5.41) is 2.86. The lowest BCUT2D eigenvalue weighted by atomic mass is 10.1. The van der Waals surface area contributed by atoms with Crippen molar-refractivity contribution in [3.05, 3.63) is 53.6 Å². The van der Waals surface area contributed by atoms with Gasteiger partial charge in [0.2, 0.25) is 5.91 Å². The molecular weight excluding hydrogens is 368 g/mol. The van der Waals surface area contributed by atoms with Crippen molar-refractivity contribution < 1.29 is 13.6 Å². The van der Waals surface area contributed by atoms with Crippen LogP contribution in [0.15, 0.2) is 41.3 Å². The molecule has 2 aromatic carbocycles. The van der Waals surface area contributed by atoms with E-state index in [2.05, 4.69) is 22.2 Å². The molecule has 0 unspecified atom stereocenters. The molecule has 1 N–H and O–H groups in total. The Balaban J connectivity index is 1.56. The SMILES string of the molecule is Cc1cc(NC(=O)CSc2ccc(F)c(F)c2)ccc1N1CCN(C)CC1. The predicted octanol–water partition coefficient (Wildman–Crippen LogP) is 3.76. The van der Waals surface area contributed by atoms with E-state index in [4.69, 9.17) is 0 Å². The van der Waals surface area contributed by atoms with Crippen molar-refractivity contribution in [1.29, 1.82) is 0 Å². The van der Waals surface area contributed by atoms with Gasteiger partial charge in [-0.05, 0) is 55.9 Å². The van der Waals surface area contributed by atoms with Crippen LogP contribution in [-0.4, -0.2) is 49.8 Å². The number of likely N-dealkylation sites (N-methyl/N-ethyl adjacent to an activating group) is 1. The summed E-state index contributed by atoms with van der Waals surface area (Å²) in [7, 11) is 2.13. The summed E-state index contributed by atoms with van der Waals surface area (Å²) in [6.45, 7) is 6.11. The van der Waals surface area contributed by atoms with Crippen LogP contribution >= 0.6 is 11.8 Å². The highest BCUT2D eigenvalue weighted by atomic mass is 32.2. The van der Waals surface area contributed by atoms with Crippen LogP contribution < -0.4 is 10.2 Å². The molecule has 4 nitrogen and oxygen atoms in total. The van der Waals surface area contributed by atoms with Crippen LogP contribution in [0.5, 0.6) is 0 Å².